The Morgan fingerprint density at radius 2 is 0.913 bits per heavy atom. The van der Waals surface area contributed by atoms with E-state index in [0.29, 0.717) is 0 Å². The maximum atomic E-state index is 13.0. The summed E-state index contributed by atoms with van der Waals surface area (Å²) in [5, 5.41) is 0. The van der Waals surface area contributed by atoms with Crippen LogP contribution in [0.2, 0.25) is 0 Å². The van der Waals surface area contributed by atoms with Gasteiger partial charge in [-0.25, -0.2) is 0 Å². The summed E-state index contributed by atoms with van der Waals surface area (Å²) in [7, 11) is 2.37. The molecule has 0 aliphatic carbocycles. The molecule has 0 bridgehead atoms. The topological polar surface area (TPSA) is 9.23 Å². The van der Waals surface area contributed by atoms with Gasteiger partial charge in [-0.05, 0) is 0 Å². The van der Waals surface area contributed by atoms with Crippen LogP contribution < -0.4 is 0 Å². The maximum absolute atomic E-state index is 13.0. The van der Waals surface area contributed by atoms with Crippen LogP contribution in [0, 0.1) is 7.11 Å². The van der Waals surface area contributed by atoms with Crippen LogP contribution in [0.1, 0.15) is 6.42 Å². The van der Waals surface area contributed by atoms with Crippen molar-refractivity contribution in [2.45, 2.75) is 42.2 Å². The van der Waals surface area contributed by atoms with Gasteiger partial charge in [-0.1, -0.05) is 0 Å². The quantitative estimate of drug-likeness (QED) is 0.572. The molecule has 0 heterocycles. The zero-order valence-corrected chi connectivity index (χ0v) is 10.4. The first-order valence-corrected chi connectivity index (χ1v) is 5.14. The van der Waals surface area contributed by atoms with Crippen molar-refractivity contribution in [3.05, 3.63) is 7.11 Å². The molecule has 0 saturated carbocycles. The standard InChI is InChI=1S/C9H6F13O/c1-23-3-2-4(10,11)5(12,13)6(14,15)7(16,17)8(18,19)9(20,21)22/h1-3H2. The Morgan fingerprint density at radius 3 is 1.22 bits per heavy atom. The predicted molar refractivity (Wildman–Crippen MR) is 46.7 cm³/mol. The summed E-state index contributed by atoms with van der Waals surface area (Å²) in [6.07, 6.45) is -9.80. The molecule has 0 N–H and O–H groups in total. The van der Waals surface area contributed by atoms with Gasteiger partial charge in [0.2, 0.25) is 0 Å². The SMILES string of the molecule is [CH2]OCCC(F)(F)C(F)(F)C(F)(F)C(F)(F)C(F)(F)C(F)(F)F. The van der Waals surface area contributed by atoms with Gasteiger partial charge < -0.3 is 4.74 Å². The number of hydrogen-bond donors (Lipinski definition) is 0. The van der Waals surface area contributed by atoms with Crippen molar-refractivity contribution in [1.82, 2.24) is 0 Å². The van der Waals surface area contributed by atoms with Crippen LogP contribution in [0.25, 0.3) is 0 Å². The van der Waals surface area contributed by atoms with Gasteiger partial charge in [-0.15, -0.1) is 0 Å². The highest BCUT2D eigenvalue weighted by Gasteiger charge is 2.90. The summed E-state index contributed by atoms with van der Waals surface area (Å²) < 4.78 is 167. The molecule has 14 heteroatoms. The Labute approximate surface area is 119 Å². The first-order valence-electron chi connectivity index (χ1n) is 5.14. The zero-order chi connectivity index (χ0) is 19.1. The number of rotatable bonds is 7. The molecule has 139 valence electrons. The second-order valence-electron chi connectivity index (χ2n) is 4.16. The molecular formula is C9H6F13O. The third kappa shape index (κ3) is 3.18. The van der Waals surface area contributed by atoms with E-state index in [4.69, 9.17) is 0 Å². The molecule has 0 amide bonds. The summed E-state index contributed by atoms with van der Waals surface area (Å²) in [4.78, 5) is 0. The highest BCUT2D eigenvalue weighted by Crippen LogP contribution is 2.60. The van der Waals surface area contributed by atoms with Gasteiger partial charge in [0.1, 0.15) is 0 Å². The van der Waals surface area contributed by atoms with Crippen molar-refractivity contribution >= 4 is 0 Å². The lowest BCUT2D eigenvalue weighted by Crippen LogP contribution is -2.70. The van der Waals surface area contributed by atoms with Crippen LogP contribution >= 0.6 is 0 Å². The van der Waals surface area contributed by atoms with E-state index in [-0.39, 0.29) is 0 Å². The van der Waals surface area contributed by atoms with Crippen LogP contribution in [0.15, 0.2) is 0 Å². The van der Waals surface area contributed by atoms with Crippen molar-refractivity contribution in [2.24, 2.45) is 0 Å². The number of hydrogen-bond acceptors (Lipinski definition) is 1. The molecule has 0 aromatic rings. The molecule has 1 nitrogen and oxygen atoms in total. The van der Waals surface area contributed by atoms with Crippen LogP contribution in [0.5, 0.6) is 0 Å². The molecule has 0 atom stereocenters. The Morgan fingerprint density at radius 1 is 0.565 bits per heavy atom. The van der Waals surface area contributed by atoms with Gasteiger partial charge in [0.05, 0.1) is 13.7 Å². The number of alkyl halides is 13. The van der Waals surface area contributed by atoms with E-state index in [9.17, 15) is 57.1 Å². The van der Waals surface area contributed by atoms with Crippen molar-refractivity contribution in [3.8, 4) is 0 Å². The van der Waals surface area contributed by atoms with E-state index in [1.807, 2.05) is 0 Å². The van der Waals surface area contributed by atoms with Crippen molar-refractivity contribution < 1.29 is 61.8 Å². The van der Waals surface area contributed by atoms with Gasteiger partial charge in [0.15, 0.2) is 0 Å². The van der Waals surface area contributed by atoms with Crippen molar-refractivity contribution in [1.29, 1.82) is 0 Å². The lowest BCUT2D eigenvalue weighted by atomic mass is 9.93. The minimum atomic E-state index is -7.86. The fraction of sp³-hybridized carbons (Fsp3) is 0.889. The summed E-state index contributed by atoms with van der Waals surface area (Å²) >= 11 is 0. The van der Waals surface area contributed by atoms with E-state index in [1.54, 1.807) is 0 Å². The van der Waals surface area contributed by atoms with Gasteiger partial charge in [-0.2, -0.15) is 57.1 Å². The van der Waals surface area contributed by atoms with E-state index in [2.05, 4.69) is 11.8 Å². The van der Waals surface area contributed by atoms with Crippen LogP contribution in [0.4, 0.5) is 57.1 Å². The summed E-state index contributed by atoms with van der Waals surface area (Å²) in [5.41, 5.74) is 0. The van der Waals surface area contributed by atoms with Crippen LogP contribution in [0.3, 0.4) is 0 Å². The molecule has 0 aliphatic heterocycles. The zero-order valence-electron chi connectivity index (χ0n) is 10.4. The van der Waals surface area contributed by atoms with Crippen LogP contribution in [-0.4, -0.2) is 42.4 Å². The fourth-order valence-corrected chi connectivity index (χ4v) is 1.16. The minimum absolute atomic E-state index is 1.50. The van der Waals surface area contributed by atoms with Crippen LogP contribution in [-0.2, 0) is 4.74 Å². The fourth-order valence-electron chi connectivity index (χ4n) is 1.16. The molecule has 0 fully saturated rings. The van der Waals surface area contributed by atoms with E-state index in [0.717, 1.165) is 0 Å². The Balaban J connectivity index is 6.03. The average molecular weight is 377 g/mol. The molecular weight excluding hydrogens is 371 g/mol. The highest BCUT2D eigenvalue weighted by atomic mass is 19.4. The number of ether oxygens (including phenoxy) is 1. The minimum Gasteiger partial charge on any atom is -0.379 e. The average Bonchev–Trinajstić information content (AvgIpc) is 2.34. The number of halogens is 13. The Hall–Kier alpha value is -0.950. The van der Waals surface area contributed by atoms with Crippen molar-refractivity contribution in [2.75, 3.05) is 6.61 Å². The van der Waals surface area contributed by atoms with E-state index in [1.165, 1.54) is 0 Å². The first kappa shape index (κ1) is 22.1. The lowest BCUT2D eigenvalue weighted by Gasteiger charge is -2.39. The molecule has 0 aliphatic rings. The molecule has 0 aromatic carbocycles. The maximum Gasteiger partial charge on any atom is 0.460 e. The second-order valence-corrected chi connectivity index (χ2v) is 4.16. The van der Waals surface area contributed by atoms with E-state index < -0.39 is 48.8 Å². The summed E-state index contributed by atoms with van der Waals surface area (Å²) in [5.74, 6) is -36.7. The molecule has 23 heavy (non-hydrogen) atoms. The molecule has 1 radical (unpaired) electrons. The third-order valence-corrected chi connectivity index (χ3v) is 2.56. The van der Waals surface area contributed by atoms with Gasteiger partial charge >= 0.3 is 35.8 Å². The van der Waals surface area contributed by atoms with Gasteiger partial charge in [0, 0.05) is 6.42 Å². The molecule has 0 spiro atoms. The monoisotopic (exact) mass is 377 g/mol. The summed E-state index contributed by atoms with van der Waals surface area (Å²) in [6, 6.07) is 0. The molecule has 0 unspecified atom stereocenters. The molecule has 0 aromatic heterocycles. The second kappa shape index (κ2) is 5.84. The molecule has 0 rings (SSSR count). The largest absolute Gasteiger partial charge is 0.460 e. The summed E-state index contributed by atoms with van der Waals surface area (Å²) in [6.45, 7) is -1.50. The normalized spacial score (nSPS) is 15.9. The Bertz CT molecular complexity index is 410. The van der Waals surface area contributed by atoms with Crippen molar-refractivity contribution in [3.63, 3.8) is 0 Å². The Kier molecular flexibility index (Phi) is 5.60. The smallest absolute Gasteiger partial charge is 0.379 e. The van der Waals surface area contributed by atoms with Gasteiger partial charge in [0.25, 0.3) is 0 Å². The molecule has 0 saturated heterocycles. The van der Waals surface area contributed by atoms with E-state index >= 15 is 0 Å². The highest BCUT2D eigenvalue weighted by molar-refractivity contribution is 5.10. The first-order chi connectivity index (χ1) is 9.81. The third-order valence-electron chi connectivity index (χ3n) is 2.56. The predicted octanol–water partition coefficient (Wildman–Crippen LogP) is 4.92. The lowest BCUT2D eigenvalue weighted by molar-refractivity contribution is -0.440. The van der Waals surface area contributed by atoms with Gasteiger partial charge in [-0.3, -0.25) is 0 Å².